The van der Waals surface area contributed by atoms with E-state index in [-0.39, 0.29) is 6.04 Å². The van der Waals surface area contributed by atoms with Crippen LogP contribution in [0.3, 0.4) is 0 Å². The first-order chi connectivity index (χ1) is 8.34. The number of tetrazole rings is 1. The zero-order valence-corrected chi connectivity index (χ0v) is 12.1. The van der Waals surface area contributed by atoms with Crippen LogP contribution in [0.1, 0.15) is 26.1 Å². The number of aromatic nitrogens is 4. The monoisotopic (exact) mass is 275 g/mol. The van der Waals surface area contributed by atoms with Gasteiger partial charge in [0.1, 0.15) is 0 Å². The number of nitrogens with one attached hydrogen (secondary N) is 1. The molecule has 1 heterocycles. The van der Waals surface area contributed by atoms with Gasteiger partial charge >= 0.3 is 0 Å². The minimum absolute atomic E-state index is 0.191. The van der Waals surface area contributed by atoms with E-state index < -0.39 is 15.1 Å². The molecular weight excluding hydrogens is 254 g/mol. The van der Waals surface area contributed by atoms with Crippen molar-refractivity contribution in [2.24, 2.45) is 7.05 Å². The molecule has 1 N–H and O–H groups in total. The molecule has 0 aliphatic rings. The Hall–Kier alpha value is -1.02. The second-order valence-corrected chi connectivity index (χ2v) is 6.90. The van der Waals surface area contributed by atoms with Crippen LogP contribution < -0.4 is 5.32 Å². The summed E-state index contributed by atoms with van der Waals surface area (Å²) in [5.74, 6) is 0.557. The van der Waals surface area contributed by atoms with Crippen molar-refractivity contribution in [3.8, 4) is 0 Å². The molecule has 0 fully saturated rings. The Kier molecular flexibility index (Phi) is 5.21. The molecule has 0 amide bonds. The Labute approximate surface area is 108 Å². The first-order valence-electron chi connectivity index (χ1n) is 5.99. The highest BCUT2D eigenvalue weighted by Gasteiger charge is 2.26. The van der Waals surface area contributed by atoms with E-state index in [4.69, 9.17) is 0 Å². The van der Waals surface area contributed by atoms with E-state index in [1.54, 1.807) is 14.0 Å². The predicted molar refractivity (Wildman–Crippen MR) is 68.9 cm³/mol. The standard InChI is InChI=1S/C10H21N5O2S/c1-5-6-11-9(8(2)18(4,16)17)7-10-12-14-15(3)13-10/h8-9,11H,5-7H2,1-4H3. The lowest BCUT2D eigenvalue weighted by Gasteiger charge is -2.22. The van der Waals surface area contributed by atoms with Gasteiger partial charge in [0.05, 0.1) is 12.3 Å². The lowest BCUT2D eigenvalue weighted by Crippen LogP contribution is -2.44. The number of hydrogen-bond donors (Lipinski definition) is 1. The molecule has 104 valence electrons. The Balaban J connectivity index is 2.78. The molecule has 1 aromatic heterocycles. The van der Waals surface area contributed by atoms with Gasteiger partial charge in [-0.05, 0) is 25.1 Å². The Morgan fingerprint density at radius 2 is 2.11 bits per heavy atom. The maximum Gasteiger partial charge on any atom is 0.176 e. The summed E-state index contributed by atoms with van der Waals surface area (Å²) in [4.78, 5) is 1.37. The summed E-state index contributed by atoms with van der Waals surface area (Å²) in [6, 6.07) is -0.191. The number of hydrogen-bond acceptors (Lipinski definition) is 6. The third kappa shape index (κ3) is 4.34. The average Bonchev–Trinajstić information content (AvgIpc) is 2.68. The van der Waals surface area contributed by atoms with Crippen LogP contribution in [0, 0.1) is 0 Å². The molecule has 2 unspecified atom stereocenters. The van der Waals surface area contributed by atoms with E-state index in [9.17, 15) is 8.42 Å². The van der Waals surface area contributed by atoms with Crippen LogP contribution in [0.4, 0.5) is 0 Å². The molecule has 8 heteroatoms. The maximum absolute atomic E-state index is 11.6. The van der Waals surface area contributed by atoms with E-state index in [2.05, 4.69) is 20.7 Å². The maximum atomic E-state index is 11.6. The zero-order chi connectivity index (χ0) is 13.8. The molecule has 7 nitrogen and oxygen atoms in total. The van der Waals surface area contributed by atoms with Crippen molar-refractivity contribution >= 4 is 9.84 Å². The summed E-state index contributed by atoms with van der Waals surface area (Å²) >= 11 is 0. The number of sulfone groups is 1. The van der Waals surface area contributed by atoms with Crippen molar-refractivity contribution in [3.05, 3.63) is 5.82 Å². The summed E-state index contributed by atoms with van der Waals surface area (Å²) < 4.78 is 23.3. The highest BCUT2D eigenvalue weighted by Crippen LogP contribution is 2.08. The van der Waals surface area contributed by atoms with Crippen molar-refractivity contribution in [2.75, 3.05) is 12.8 Å². The van der Waals surface area contributed by atoms with Gasteiger partial charge in [-0.15, -0.1) is 10.2 Å². The molecule has 0 bridgehead atoms. The topological polar surface area (TPSA) is 89.8 Å². The van der Waals surface area contributed by atoms with Gasteiger partial charge in [-0.3, -0.25) is 0 Å². The summed E-state index contributed by atoms with van der Waals surface area (Å²) in [5.41, 5.74) is 0. The third-order valence-electron chi connectivity index (χ3n) is 2.85. The summed E-state index contributed by atoms with van der Waals surface area (Å²) in [6.07, 6.45) is 2.66. The summed E-state index contributed by atoms with van der Waals surface area (Å²) in [7, 11) is -1.41. The largest absolute Gasteiger partial charge is 0.312 e. The number of rotatable bonds is 7. The molecule has 18 heavy (non-hydrogen) atoms. The Morgan fingerprint density at radius 1 is 1.44 bits per heavy atom. The number of nitrogens with zero attached hydrogens (tertiary/aromatic N) is 4. The van der Waals surface area contributed by atoms with Gasteiger partial charge in [-0.25, -0.2) is 8.42 Å². The van der Waals surface area contributed by atoms with Crippen LogP contribution in [0.5, 0.6) is 0 Å². The molecule has 0 aromatic carbocycles. The van der Waals surface area contributed by atoms with Crippen LogP contribution in [-0.4, -0.2) is 52.7 Å². The normalized spacial score (nSPS) is 15.6. The molecule has 0 saturated heterocycles. The molecule has 0 radical (unpaired) electrons. The van der Waals surface area contributed by atoms with Crippen LogP contribution in [0.2, 0.25) is 0 Å². The molecule has 1 aromatic rings. The molecule has 0 aliphatic carbocycles. The van der Waals surface area contributed by atoms with Crippen molar-refractivity contribution in [2.45, 2.75) is 38.0 Å². The summed E-state index contributed by atoms with van der Waals surface area (Å²) in [6.45, 7) is 4.51. The highest BCUT2D eigenvalue weighted by molar-refractivity contribution is 7.91. The van der Waals surface area contributed by atoms with E-state index >= 15 is 0 Å². The quantitative estimate of drug-likeness (QED) is 0.725. The first-order valence-corrected chi connectivity index (χ1v) is 7.95. The van der Waals surface area contributed by atoms with Gasteiger partial charge in [0.2, 0.25) is 0 Å². The van der Waals surface area contributed by atoms with Gasteiger partial charge < -0.3 is 5.32 Å². The van der Waals surface area contributed by atoms with Crippen LogP contribution >= 0.6 is 0 Å². The fourth-order valence-corrected chi connectivity index (χ4v) is 2.42. The third-order valence-corrected chi connectivity index (χ3v) is 4.53. The minimum Gasteiger partial charge on any atom is -0.312 e. The molecule has 2 atom stereocenters. The van der Waals surface area contributed by atoms with Crippen LogP contribution in [-0.2, 0) is 23.3 Å². The SMILES string of the molecule is CCCNC(Cc1nnn(C)n1)C(C)S(C)(=O)=O. The highest BCUT2D eigenvalue weighted by atomic mass is 32.2. The molecular formula is C10H21N5O2S. The van der Waals surface area contributed by atoms with Crippen molar-refractivity contribution in [1.29, 1.82) is 0 Å². The lowest BCUT2D eigenvalue weighted by atomic mass is 10.1. The van der Waals surface area contributed by atoms with Crippen molar-refractivity contribution in [3.63, 3.8) is 0 Å². The second kappa shape index (κ2) is 6.24. The van der Waals surface area contributed by atoms with Gasteiger partial charge in [0, 0.05) is 18.7 Å². The van der Waals surface area contributed by atoms with Gasteiger partial charge in [0.25, 0.3) is 0 Å². The van der Waals surface area contributed by atoms with Crippen molar-refractivity contribution in [1.82, 2.24) is 25.5 Å². The Morgan fingerprint density at radius 3 is 2.56 bits per heavy atom. The molecule has 1 rings (SSSR count). The molecule has 0 spiro atoms. The second-order valence-electron chi connectivity index (χ2n) is 4.49. The fraction of sp³-hybridized carbons (Fsp3) is 0.900. The van der Waals surface area contributed by atoms with Crippen LogP contribution in [0.25, 0.3) is 0 Å². The van der Waals surface area contributed by atoms with Crippen molar-refractivity contribution < 1.29 is 8.42 Å². The average molecular weight is 275 g/mol. The van der Waals surface area contributed by atoms with Gasteiger partial charge in [-0.2, -0.15) is 4.80 Å². The first kappa shape index (κ1) is 15.0. The van der Waals surface area contributed by atoms with E-state index in [1.807, 2.05) is 6.92 Å². The van der Waals surface area contributed by atoms with Gasteiger partial charge in [-0.1, -0.05) is 6.92 Å². The van der Waals surface area contributed by atoms with E-state index in [0.29, 0.717) is 12.2 Å². The molecule has 0 aliphatic heterocycles. The number of aryl methyl sites for hydroxylation is 1. The van der Waals surface area contributed by atoms with Crippen LogP contribution in [0.15, 0.2) is 0 Å². The Bertz CT molecular complexity index is 470. The van der Waals surface area contributed by atoms with E-state index in [1.165, 1.54) is 11.1 Å². The zero-order valence-electron chi connectivity index (χ0n) is 11.3. The minimum atomic E-state index is -3.09. The summed E-state index contributed by atoms with van der Waals surface area (Å²) in [5, 5.41) is 14.5. The smallest absolute Gasteiger partial charge is 0.176 e. The van der Waals surface area contributed by atoms with E-state index in [0.717, 1.165) is 13.0 Å². The lowest BCUT2D eigenvalue weighted by molar-refractivity contribution is 0.474. The fourth-order valence-electron chi connectivity index (χ4n) is 1.63. The predicted octanol–water partition coefficient (Wildman–Crippen LogP) is -0.446. The van der Waals surface area contributed by atoms with Gasteiger partial charge in [0.15, 0.2) is 15.7 Å². The molecule has 0 saturated carbocycles.